The lowest BCUT2D eigenvalue weighted by atomic mass is 10.1. The minimum atomic E-state index is -0.0204. The summed E-state index contributed by atoms with van der Waals surface area (Å²) in [6, 6.07) is 3.93. The lowest BCUT2D eigenvalue weighted by Crippen LogP contribution is -1.88. The third-order valence-electron chi connectivity index (χ3n) is 2.22. The molecule has 0 radical (unpaired) electrons. The summed E-state index contributed by atoms with van der Waals surface area (Å²) in [6.07, 6.45) is 0. The van der Waals surface area contributed by atoms with Gasteiger partial charge in [0, 0.05) is 15.5 Å². The molecule has 0 aliphatic heterocycles. The van der Waals surface area contributed by atoms with Gasteiger partial charge >= 0.3 is 0 Å². The lowest BCUT2D eigenvalue weighted by Gasteiger charge is -2.03. The molecule has 0 bridgehead atoms. The minimum absolute atomic E-state index is 0.0204. The van der Waals surface area contributed by atoms with Crippen LogP contribution in [0.5, 0.6) is 5.75 Å². The topological polar surface area (TPSA) is 40.5 Å². The van der Waals surface area contributed by atoms with Gasteiger partial charge in [-0.1, -0.05) is 6.07 Å². The van der Waals surface area contributed by atoms with Gasteiger partial charge in [0.2, 0.25) is 0 Å². The molecule has 3 heteroatoms. The molecule has 0 atom stereocenters. The number of benzene rings is 1. The standard InChI is InChI=1S/C10H10O2S/c1-6-2-3-9-10(7(6)4-11)8(12)5-13-9/h2-3,5,11-12H,4H2,1H3. The van der Waals surface area contributed by atoms with Crippen molar-refractivity contribution in [2.45, 2.75) is 13.5 Å². The largest absolute Gasteiger partial charge is 0.506 e. The zero-order valence-electron chi connectivity index (χ0n) is 7.24. The Morgan fingerprint density at radius 1 is 1.38 bits per heavy atom. The summed E-state index contributed by atoms with van der Waals surface area (Å²) in [7, 11) is 0. The fourth-order valence-corrected chi connectivity index (χ4v) is 2.34. The van der Waals surface area contributed by atoms with E-state index in [9.17, 15) is 5.11 Å². The highest BCUT2D eigenvalue weighted by Gasteiger charge is 2.09. The van der Waals surface area contributed by atoms with Crippen LogP contribution in [0.1, 0.15) is 11.1 Å². The Morgan fingerprint density at radius 2 is 2.15 bits per heavy atom. The van der Waals surface area contributed by atoms with E-state index in [0.717, 1.165) is 21.2 Å². The van der Waals surface area contributed by atoms with E-state index in [-0.39, 0.29) is 12.4 Å². The first-order valence-corrected chi connectivity index (χ1v) is 4.91. The van der Waals surface area contributed by atoms with Gasteiger partial charge in [-0.25, -0.2) is 0 Å². The van der Waals surface area contributed by atoms with Crippen molar-refractivity contribution in [3.63, 3.8) is 0 Å². The number of hydrogen-bond acceptors (Lipinski definition) is 3. The SMILES string of the molecule is Cc1ccc2scc(O)c2c1CO. The van der Waals surface area contributed by atoms with E-state index < -0.39 is 0 Å². The predicted octanol–water partition coefficient (Wildman–Crippen LogP) is 2.41. The van der Waals surface area contributed by atoms with Crippen molar-refractivity contribution >= 4 is 21.4 Å². The minimum Gasteiger partial charge on any atom is -0.506 e. The van der Waals surface area contributed by atoms with Crippen molar-refractivity contribution in [1.29, 1.82) is 0 Å². The molecule has 0 aliphatic carbocycles. The van der Waals surface area contributed by atoms with Crippen LogP contribution in [0.3, 0.4) is 0 Å². The molecular formula is C10H10O2S. The molecule has 0 saturated carbocycles. The zero-order valence-corrected chi connectivity index (χ0v) is 8.06. The van der Waals surface area contributed by atoms with Crippen LogP contribution in [-0.4, -0.2) is 10.2 Å². The van der Waals surface area contributed by atoms with Gasteiger partial charge in [0.1, 0.15) is 5.75 Å². The zero-order chi connectivity index (χ0) is 9.42. The maximum absolute atomic E-state index is 9.55. The summed E-state index contributed by atoms with van der Waals surface area (Å²) in [5.41, 5.74) is 1.85. The molecule has 1 heterocycles. The first kappa shape index (κ1) is 8.53. The van der Waals surface area contributed by atoms with E-state index in [1.807, 2.05) is 19.1 Å². The molecule has 0 amide bonds. The summed E-state index contributed by atoms with van der Waals surface area (Å²) < 4.78 is 1.02. The highest BCUT2D eigenvalue weighted by atomic mass is 32.1. The molecule has 2 aromatic rings. The third-order valence-corrected chi connectivity index (χ3v) is 3.16. The number of fused-ring (bicyclic) bond motifs is 1. The number of thiophene rings is 1. The van der Waals surface area contributed by atoms with Crippen LogP contribution >= 0.6 is 11.3 Å². The van der Waals surface area contributed by atoms with Crippen LogP contribution in [0, 0.1) is 6.92 Å². The Balaban J connectivity index is 2.88. The van der Waals surface area contributed by atoms with Gasteiger partial charge in [-0.05, 0) is 24.1 Å². The van der Waals surface area contributed by atoms with Gasteiger partial charge in [-0.3, -0.25) is 0 Å². The van der Waals surface area contributed by atoms with Crippen LogP contribution in [0.15, 0.2) is 17.5 Å². The van der Waals surface area contributed by atoms with E-state index in [4.69, 9.17) is 5.11 Å². The van der Waals surface area contributed by atoms with Crippen molar-refractivity contribution in [3.8, 4) is 5.75 Å². The molecule has 1 aromatic heterocycles. The molecule has 1 aromatic carbocycles. The first-order valence-electron chi connectivity index (χ1n) is 4.03. The Hall–Kier alpha value is -1.06. The van der Waals surface area contributed by atoms with Gasteiger partial charge < -0.3 is 10.2 Å². The monoisotopic (exact) mass is 194 g/mol. The summed E-state index contributed by atoms with van der Waals surface area (Å²) >= 11 is 1.49. The average Bonchev–Trinajstić information content (AvgIpc) is 2.49. The second-order valence-corrected chi connectivity index (χ2v) is 3.92. The van der Waals surface area contributed by atoms with E-state index in [2.05, 4.69) is 0 Å². The van der Waals surface area contributed by atoms with Crippen LogP contribution in [-0.2, 0) is 6.61 Å². The number of aliphatic hydroxyl groups is 1. The number of rotatable bonds is 1. The van der Waals surface area contributed by atoms with Crippen molar-refractivity contribution in [2.24, 2.45) is 0 Å². The summed E-state index contributed by atoms with van der Waals surface area (Å²) in [5, 5.41) is 21.2. The molecule has 0 aliphatic rings. The van der Waals surface area contributed by atoms with Gasteiger partial charge in [-0.15, -0.1) is 11.3 Å². The van der Waals surface area contributed by atoms with Gasteiger partial charge in [0.25, 0.3) is 0 Å². The number of aromatic hydroxyl groups is 1. The third kappa shape index (κ3) is 1.20. The van der Waals surface area contributed by atoms with Crippen molar-refractivity contribution in [2.75, 3.05) is 0 Å². The molecule has 2 N–H and O–H groups in total. The maximum Gasteiger partial charge on any atom is 0.134 e. The smallest absolute Gasteiger partial charge is 0.134 e. The summed E-state index contributed by atoms with van der Waals surface area (Å²) in [4.78, 5) is 0. The van der Waals surface area contributed by atoms with Gasteiger partial charge in [0.05, 0.1) is 6.61 Å². The quantitative estimate of drug-likeness (QED) is 0.731. The average molecular weight is 194 g/mol. The predicted molar refractivity (Wildman–Crippen MR) is 54.1 cm³/mol. The van der Waals surface area contributed by atoms with Crippen LogP contribution in [0.4, 0.5) is 0 Å². The molecule has 0 spiro atoms. The normalized spacial score (nSPS) is 10.9. The van der Waals surface area contributed by atoms with Crippen LogP contribution in [0.2, 0.25) is 0 Å². The Morgan fingerprint density at radius 3 is 2.85 bits per heavy atom. The van der Waals surface area contributed by atoms with E-state index in [1.54, 1.807) is 5.38 Å². The molecule has 0 unspecified atom stereocenters. The molecule has 2 rings (SSSR count). The molecule has 0 fully saturated rings. The molecule has 2 nitrogen and oxygen atoms in total. The summed E-state index contributed by atoms with van der Waals surface area (Å²) in [5.74, 6) is 0.271. The number of hydrogen-bond donors (Lipinski definition) is 2. The Labute approximate surface area is 80.1 Å². The van der Waals surface area contributed by atoms with Crippen molar-refractivity contribution in [1.82, 2.24) is 0 Å². The molecular weight excluding hydrogens is 184 g/mol. The fourth-order valence-electron chi connectivity index (χ4n) is 1.49. The van der Waals surface area contributed by atoms with Gasteiger partial charge in [0.15, 0.2) is 0 Å². The van der Waals surface area contributed by atoms with Gasteiger partial charge in [-0.2, -0.15) is 0 Å². The molecule has 68 valence electrons. The Kier molecular flexibility index (Phi) is 1.98. The fraction of sp³-hybridized carbons (Fsp3) is 0.200. The molecule has 0 saturated heterocycles. The highest BCUT2D eigenvalue weighted by Crippen LogP contribution is 2.35. The Bertz CT molecular complexity index is 445. The second kappa shape index (κ2) is 3.01. The number of aryl methyl sites for hydroxylation is 1. The van der Waals surface area contributed by atoms with E-state index in [1.165, 1.54) is 11.3 Å². The maximum atomic E-state index is 9.55. The second-order valence-electron chi connectivity index (χ2n) is 3.01. The van der Waals surface area contributed by atoms with Crippen molar-refractivity contribution < 1.29 is 10.2 Å². The lowest BCUT2D eigenvalue weighted by molar-refractivity contribution is 0.282. The van der Waals surface area contributed by atoms with Crippen LogP contribution < -0.4 is 0 Å². The first-order chi connectivity index (χ1) is 6.24. The van der Waals surface area contributed by atoms with E-state index >= 15 is 0 Å². The van der Waals surface area contributed by atoms with E-state index in [0.29, 0.717) is 0 Å². The number of aliphatic hydroxyl groups excluding tert-OH is 1. The molecule has 13 heavy (non-hydrogen) atoms. The highest BCUT2D eigenvalue weighted by molar-refractivity contribution is 7.17. The van der Waals surface area contributed by atoms with Crippen LogP contribution in [0.25, 0.3) is 10.1 Å². The summed E-state index contributed by atoms with van der Waals surface area (Å²) in [6.45, 7) is 1.91. The van der Waals surface area contributed by atoms with Crippen molar-refractivity contribution in [3.05, 3.63) is 28.6 Å².